The van der Waals surface area contributed by atoms with Gasteiger partial charge in [-0.05, 0) is 57.1 Å². The Kier molecular flexibility index (Phi) is 4.91. The van der Waals surface area contributed by atoms with Crippen LogP contribution in [0.1, 0.15) is 17.2 Å². The van der Waals surface area contributed by atoms with E-state index in [9.17, 15) is 4.39 Å². The summed E-state index contributed by atoms with van der Waals surface area (Å²) in [6.07, 6.45) is 0.513. The highest BCUT2D eigenvalue weighted by Crippen LogP contribution is 2.28. The topological polar surface area (TPSA) is 38.0 Å². The zero-order chi connectivity index (χ0) is 13.1. The Morgan fingerprint density at radius 2 is 2.11 bits per heavy atom. The lowest BCUT2D eigenvalue weighted by Crippen LogP contribution is -2.29. The number of rotatable bonds is 4. The van der Waals surface area contributed by atoms with E-state index in [1.54, 1.807) is 17.4 Å². The molecule has 0 spiro atoms. The summed E-state index contributed by atoms with van der Waals surface area (Å²) in [6.45, 7) is 0. The molecule has 0 fully saturated rings. The first-order valence-electron chi connectivity index (χ1n) is 5.24. The van der Waals surface area contributed by atoms with Gasteiger partial charge in [-0.25, -0.2) is 4.39 Å². The number of halogens is 3. The molecule has 0 amide bonds. The lowest BCUT2D eigenvalue weighted by atomic mass is 10.0. The highest BCUT2D eigenvalue weighted by Gasteiger charge is 2.14. The standard InChI is InChI=1S/C12H11Br2FN2S/c13-9-2-1-7(10(15)5-9)3-11(17-16)8-4-12(14)18-6-8/h1-2,4-6,11,17H,3,16H2. The third kappa shape index (κ3) is 3.39. The summed E-state index contributed by atoms with van der Waals surface area (Å²) < 4.78 is 15.5. The quantitative estimate of drug-likeness (QED) is 0.604. The normalized spacial score (nSPS) is 12.7. The van der Waals surface area contributed by atoms with Crippen molar-refractivity contribution in [3.8, 4) is 0 Å². The van der Waals surface area contributed by atoms with E-state index in [0.717, 1.165) is 13.8 Å². The molecule has 96 valence electrons. The second-order valence-electron chi connectivity index (χ2n) is 3.84. The van der Waals surface area contributed by atoms with Gasteiger partial charge in [-0.3, -0.25) is 11.3 Å². The van der Waals surface area contributed by atoms with Crippen LogP contribution in [0.25, 0.3) is 0 Å². The van der Waals surface area contributed by atoms with Crippen LogP contribution in [0.3, 0.4) is 0 Å². The maximum absolute atomic E-state index is 13.8. The van der Waals surface area contributed by atoms with Gasteiger partial charge in [0.1, 0.15) is 5.82 Å². The van der Waals surface area contributed by atoms with Crippen molar-refractivity contribution in [3.63, 3.8) is 0 Å². The van der Waals surface area contributed by atoms with Gasteiger partial charge in [0.25, 0.3) is 0 Å². The molecule has 1 atom stereocenters. The maximum Gasteiger partial charge on any atom is 0.127 e. The minimum Gasteiger partial charge on any atom is -0.271 e. The summed E-state index contributed by atoms with van der Waals surface area (Å²) in [5.41, 5.74) is 4.42. The second kappa shape index (κ2) is 6.25. The lowest BCUT2D eigenvalue weighted by Gasteiger charge is -2.15. The number of hydrazine groups is 1. The summed E-state index contributed by atoms with van der Waals surface area (Å²) >= 11 is 8.24. The Morgan fingerprint density at radius 3 is 2.67 bits per heavy atom. The molecule has 1 unspecified atom stereocenters. The fourth-order valence-electron chi connectivity index (χ4n) is 1.69. The van der Waals surface area contributed by atoms with Gasteiger partial charge in [0.2, 0.25) is 0 Å². The number of benzene rings is 1. The molecule has 6 heteroatoms. The highest BCUT2D eigenvalue weighted by molar-refractivity contribution is 9.11. The zero-order valence-electron chi connectivity index (χ0n) is 9.29. The third-order valence-corrected chi connectivity index (χ3v) is 4.65. The Balaban J connectivity index is 2.20. The molecule has 0 saturated carbocycles. The van der Waals surface area contributed by atoms with E-state index in [1.807, 2.05) is 17.5 Å². The molecular formula is C12H11Br2FN2S. The van der Waals surface area contributed by atoms with Gasteiger partial charge in [0, 0.05) is 4.47 Å². The van der Waals surface area contributed by atoms with Gasteiger partial charge in [-0.15, -0.1) is 11.3 Å². The molecule has 0 aliphatic rings. The molecule has 1 aromatic carbocycles. The molecule has 1 aromatic heterocycles. The monoisotopic (exact) mass is 392 g/mol. The van der Waals surface area contributed by atoms with Gasteiger partial charge < -0.3 is 0 Å². The van der Waals surface area contributed by atoms with Gasteiger partial charge >= 0.3 is 0 Å². The lowest BCUT2D eigenvalue weighted by molar-refractivity contribution is 0.530. The summed E-state index contributed by atoms with van der Waals surface area (Å²) in [5.74, 6) is 5.33. The molecule has 0 bridgehead atoms. The molecule has 1 heterocycles. The predicted octanol–water partition coefficient (Wildman–Crippen LogP) is 4.16. The van der Waals surface area contributed by atoms with Crippen molar-refractivity contribution in [2.24, 2.45) is 5.84 Å². The summed E-state index contributed by atoms with van der Waals surface area (Å²) in [7, 11) is 0. The molecular weight excluding hydrogens is 383 g/mol. The molecule has 2 aromatic rings. The van der Waals surface area contributed by atoms with Crippen molar-refractivity contribution in [1.29, 1.82) is 0 Å². The van der Waals surface area contributed by atoms with Crippen LogP contribution in [-0.4, -0.2) is 0 Å². The van der Waals surface area contributed by atoms with E-state index in [1.165, 1.54) is 6.07 Å². The predicted molar refractivity (Wildman–Crippen MR) is 79.9 cm³/mol. The Morgan fingerprint density at radius 1 is 1.33 bits per heavy atom. The van der Waals surface area contributed by atoms with Crippen molar-refractivity contribution < 1.29 is 4.39 Å². The third-order valence-electron chi connectivity index (χ3n) is 2.63. The first-order chi connectivity index (χ1) is 8.60. The van der Waals surface area contributed by atoms with Gasteiger partial charge in [-0.1, -0.05) is 22.0 Å². The molecule has 18 heavy (non-hydrogen) atoms. The Bertz CT molecular complexity index is 545. The molecule has 3 N–H and O–H groups in total. The van der Waals surface area contributed by atoms with Crippen molar-refractivity contribution in [2.75, 3.05) is 0 Å². The maximum atomic E-state index is 13.8. The molecule has 0 radical (unpaired) electrons. The smallest absolute Gasteiger partial charge is 0.127 e. The number of thiophene rings is 1. The molecule has 0 saturated heterocycles. The molecule has 0 aliphatic heterocycles. The van der Waals surface area contributed by atoms with Crippen molar-refractivity contribution >= 4 is 43.2 Å². The average Bonchev–Trinajstić information content (AvgIpc) is 2.75. The first-order valence-corrected chi connectivity index (χ1v) is 7.70. The zero-order valence-corrected chi connectivity index (χ0v) is 13.3. The van der Waals surface area contributed by atoms with Crippen LogP contribution in [0, 0.1) is 5.82 Å². The van der Waals surface area contributed by atoms with E-state index < -0.39 is 0 Å². The number of nitrogens with one attached hydrogen (secondary N) is 1. The average molecular weight is 394 g/mol. The summed E-state index contributed by atoms with van der Waals surface area (Å²) in [6, 6.07) is 6.96. The second-order valence-corrected chi connectivity index (χ2v) is 7.05. The van der Waals surface area contributed by atoms with E-state index in [-0.39, 0.29) is 11.9 Å². The minimum atomic E-state index is -0.223. The summed E-state index contributed by atoms with van der Waals surface area (Å²) in [4.78, 5) is 0. The molecule has 2 nitrogen and oxygen atoms in total. The van der Waals surface area contributed by atoms with Crippen LogP contribution >= 0.6 is 43.2 Å². The van der Waals surface area contributed by atoms with Crippen molar-refractivity contribution in [2.45, 2.75) is 12.5 Å². The molecule has 0 aliphatic carbocycles. The van der Waals surface area contributed by atoms with Crippen LogP contribution in [0.5, 0.6) is 0 Å². The van der Waals surface area contributed by atoms with Crippen LogP contribution in [0.2, 0.25) is 0 Å². The van der Waals surface area contributed by atoms with Gasteiger partial charge in [-0.2, -0.15) is 0 Å². The largest absolute Gasteiger partial charge is 0.271 e. The van der Waals surface area contributed by atoms with Crippen LogP contribution in [0.15, 0.2) is 37.9 Å². The Hall–Kier alpha value is -0.270. The van der Waals surface area contributed by atoms with Gasteiger partial charge in [0.05, 0.1) is 9.83 Å². The van der Waals surface area contributed by atoms with E-state index in [0.29, 0.717) is 12.0 Å². The first kappa shape index (κ1) is 14.1. The summed E-state index contributed by atoms with van der Waals surface area (Å²) in [5, 5.41) is 2.01. The van der Waals surface area contributed by atoms with Crippen LogP contribution in [0.4, 0.5) is 4.39 Å². The van der Waals surface area contributed by atoms with Crippen LogP contribution in [-0.2, 0) is 6.42 Å². The number of hydrogen-bond acceptors (Lipinski definition) is 3. The Labute approximate surface area is 126 Å². The van der Waals surface area contributed by atoms with Crippen molar-refractivity contribution in [1.82, 2.24) is 5.43 Å². The van der Waals surface area contributed by atoms with Crippen LogP contribution < -0.4 is 11.3 Å². The highest BCUT2D eigenvalue weighted by atomic mass is 79.9. The van der Waals surface area contributed by atoms with E-state index in [4.69, 9.17) is 5.84 Å². The SMILES string of the molecule is NNC(Cc1ccc(Br)cc1F)c1csc(Br)c1. The van der Waals surface area contributed by atoms with E-state index >= 15 is 0 Å². The van der Waals surface area contributed by atoms with Gasteiger partial charge in [0.15, 0.2) is 0 Å². The fourth-order valence-corrected chi connectivity index (χ4v) is 3.25. The number of nitrogens with two attached hydrogens (primary N) is 1. The number of hydrogen-bond donors (Lipinski definition) is 2. The van der Waals surface area contributed by atoms with E-state index in [2.05, 4.69) is 37.3 Å². The fraction of sp³-hybridized carbons (Fsp3) is 0.167. The minimum absolute atomic E-state index is 0.0942. The molecule has 2 rings (SSSR count). The van der Waals surface area contributed by atoms with Crippen molar-refractivity contribution in [3.05, 3.63) is 54.8 Å².